The Morgan fingerprint density at radius 2 is 1.97 bits per heavy atom. The number of halogens is 1. The van der Waals surface area contributed by atoms with Crippen molar-refractivity contribution in [1.82, 2.24) is 9.97 Å². The number of cyclic esters (lactones) is 1. The highest BCUT2D eigenvalue weighted by Gasteiger charge is 2.34. The van der Waals surface area contributed by atoms with E-state index in [0.29, 0.717) is 36.0 Å². The fourth-order valence-electron chi connectivity index (χ4n) is 3.16. The molecule has 2 N–H and O–H groups in total. The lowest BCUT2D eigenvalue weighted by Gasteiger charge is -2.19. The maximum absolute atomic E-state index is 14.2. The number of carbonyl (C=O) groups excluding carboxylic acids is 1. The van der Waals surface area contributed by atoms with E-state index in [1.54, 1.807) is 42.5 Å². The Bertz CT molecular complexity index is 1100. The molecule has 2 aromatic rings. The van der Waals surface area contributed by atoms with E-state index in [9.17, 15) is 9.18 Å². The molecule has 1 unspecified atom stereocenters. The van der Waals surface area contributed by atoms with E-state index >= 15 is 0 Å². The van der Waals surface area contributed by atoms with Gasteiger partial charge in [-0.2, -0.15) is 4.98 Å². The summed E-state index contributed by atoms with van der Waals surface area (Å²) in [7, 11) is 0. The molecule has 3 aliphatic rings. The van der Waals surface area contributed by atoms with Crippen molar-refractivity contribution in [2.24, 2.45) is 5.92 Å². The van der Waals surface area contributed by atoms with Gasteiger partial charge in [-0.15, -0.1) is 0 Å². The van der Waals surface area contributed by atoms with E-state index in [4.69, 9.17) is 14.2 Å². The van der Waals surface area contributed by atoms with Gasteiger partial charge in [0, 0.05) is 17.3 Å². The molecule has 1 aromatic heterocycles. The average molecular weight is 394 g/mol. The Kier molecular flexibility index (Phi) is 4.12. The number of carbonyl (C=O) groups is 1. The molecule has 8 nitrogen and oxygen atoms in total. The highest BCUT2D eigenvalue weighted by molar-refractivity contribution is 5.84. The molecule has 1 aliphatic carbocycles. The number of esters is 1. The monoisotopic (exact) mass is 394 g/mol. The highest BCUT2D eigenvalue weighted by atomic mass is 19.1. The zero-order chi connectivity index (χ0) is 19.8. The van der Waals surface area contributed by atoms with Crippen LogP contribution in [0.25, 0.3) is 0 Å². The van der Waals surface area contributed by atoms with Crippen LogP contribution in [0.4, 0.5) is 21.8 Å². The number of aromatic nitrogens is 2. The summed E-state index contributed by atoms with van der Waals surface area (Å²) in [5, 5.41) is 5.75. The lowest BCUT2D eigenvalue weighted by Crippen LogP contribution is -2.15. The Balaban J connectivity index is 1.39. The second kappa shape index (κ2) is 6.93. The molecule has 0 radical (unpaired) electrons. The number of fused-ring (bicyclic) bond motifs is 2. The van der Waals surface area contributed by atoms with Crippen molar-refractivity contribution in [2.75, 3.05) is 23.8 Å². The van der Waals surface area contributed by atoms with Gasteiger partial charge in [-0.1, -0.05) is 24.3 Å². The second-order valence-corrected chi connectivity index (χ2v) is 6.43. The third kappa shape index (κ3) is 3.27. The van der Waals surface area contributed by atoms with Crippen molar-refractivity contribution >= 4 is 23.4 Å². The topological polar surface area (TPSA) is 94.6 Å². The van der Waals surface area contributed by atoms with E-state index in [-0.39, 0.29) is 23.6 Å². The first-order valence-electron chi connectivity index (χ1n) is 8.94. The van der Waals surface area contributed by atoms with Gasteiger partial charge in [0.15, 0.2) is 23.1 Å². The third-order valence-corrected chi connectivity index (χ3v) is 4.52. The Morgan fingerprint density at radius 3 is 2.86 bits per heavy atom. The standard InChI is InChI=1S/C20H15FN4O4/c21-14-10-22-20(25-18-12-3-1-2-4-13(12)19(26)29-18)24-17(14)23-11-5-6-15-16(9-11)28-8-7-27-15/h1-6,9-10,13H,7-8H2,(H2,22,23,24,25). The van der Waals surface area contributed by atoms with E-state index in [1.807, 2.05) is 0 Å². The smallest absolute Gasteiger partial charge is 0.324 e. The largest absolute Gasteiger partial charge is 0.486 e. The molecule has 0 saturated carbocycles. The minimum Gasteiger partial charge on any atom is -0.486 e. The Labute approximate surface area is 164 Å². The van der Waals surface area contributed by atoms with Crippen molar-refractivity contribution < 1.29 is 23.4 Å². The van der Waals surface area contributed by atoms with E-state index in [1.165, 1.54) is 0 Å². The molecule has 3 heterocycles. The van der Waals surface area contributed by atoms with E-state index < -0.39 is 11.7 Å². The number of rotatable bonds is 4. The molecule has 1 aromatic carbocycles. The number of benzene rings is 1. The fraction of sp³-hybridized carbons (Fsp3) is 0.150. The second-order valence-electron chi connectivity index (χ2n) is 6.43. The molecular formula is C20H15FN4O4. The van der Waals surface area contributed by atoms with Gasteiger partial charge in [-0.3, -0.25) is 10.1 Å². The molecule has 5 rings (SSSR count). The average Bonchev–Trinajstić information content (AvgIpc) is 3.06. The number of nitrogens with zero attached hydrogens (tertiary/aromatic N) is 2. The van der Waals surface area contributed by atoms with Crippen LogP contribution in [0.3, 0.4) is 0 Å². The summed E-state index contributed by atoms with van der Waals surface area (Å²) in [6.45, 7) is 0.941. The van der Waals surface area contributed by atoms with Crippen molar-refractivity contribution in [1.29, 1.82) is 0 Å². The zero-order valence-corrected chi connectivity index (χ0v) is 15.0. The van der Waals surface area contributed by atoms with Gasteiger partial charge < -0.3 is 19.5 Å². The highest BCUT2D eigenvalue weighted by Crippen LogP contribution is 2.34. The molecule has 1 atom stereocenters. The molecular weight excluding hydrogens is 379 g/mol. The van der Waals surface area contributed by atoms with Gasteiger partial charge in [0.1, 0.15) is 19.1 Å². The molecule has 0 bridgehead atoms. The molecule has 9 heteroatoms. The minimum atomic E-state index is -0.634. The zero-order valence-electron chi connectivity index (χ0n) is 15.0. The van der Waals surface area contributed by atoms with Crippen LogP contribution in [0, 0.1) is 11.7 Å². The Morgan fingerprint density at radius 1 is 1.10 bits per heavy atom. The van der Waals surface area contributed by atoms with Crippen LogP contribution < -0.4 is 20.1 Å². The predicted molar refractivity (Wildman–Crippen MR) is 101 cm³/mol. The van der Waals surface area contributed by atoms with E-state index in [0.717, 1.165) is 6.20 Å². The Hall–Kier alpha value is -3.88. The van der Waals surface area contributed by atoms with Crippen molar-refractivity contribution in [2.45, 2.75) is 0 Å². The molecule has 0 spiro atoms. The summed E-state index contributed by atoms with van der Waals surface area (Å²) in [5.41, 5.74) is 1.25. The maximum Gasteiger partial charge on any atom is 0.324 e. The van der Waals surface area contributed by atoms with Crippen molar-refractivity contribution in [3.8, 4) is 11.5 Å². The predicted octanol–water partition coefficient (Wildman–Crippen LogP) is 3.05. The number of allylic oxidation sites excluding steroid dienone is 3. The summed E-state index contributed by atoms with van der Waals surface area (Å²) in [6, 6.07) is 5.17. The van der Waals surface area contributed by atoms with Crippen LogP contribution in [0.2, 0.25) is 0 Å². The normalized spacial score (nSPS) is 19.1. The van der Waals surface area contributed by atoms with Gasteiger partial charge >= 0.3 is 5.97 Å². The van der Waals surface area contributed by atoms with Crippen molar-refractivity contribution in [3.05, 3.63) is 66.0 Å². The fourth-order valence-corrected chi connectivity index (χ4v) is 3.16. The van der Waals surface area contributed by atoms with Gasteiger partial charge in [0.25, 0.3) is 0 Å². The van der Waals surface area contributed by atoms with Crippen LogP contribution in [-0.4, -0.2) is 29.2 Å². The number of hydrogen-bond donors (Lipinski definition) is 2. The van der Waals surface area contributed by atoms with Crippen LogP contribution in [0.1, 0.15) is 0 Å². The summed E-state index contributed by atoms with van der Waals surface area (Å²) in [4.78, 5) is 20.0. The first-order valence-corrected chi connectivity index (χ1v) is 8.94. The third-order valence-electron chi connectivity index (χ3n) is 4.52. The molecule has 0 fully saturated rings. The van der Waals surface area contributed by atoms with Crippen LogP contribution >= 0.6 is 0 Å². The lowest BCUT2D eigenvalue weighted by molar-refractivity contribution is -0.138. The van der Waals surface area contributed by atoms with Crippen LogP contribution in [-0.2, 0) is 9.53 Å². The van der Waals surface area contributed by atoms with Crippen LogP contribution in [0.15, 0.2) is 60.2 Å². The summed E-state index contributed by atoms with van der Waals surface area (Å²) in [6.07, 6.45) is 8.13. The molecule has 0 saturated heterocycles. The first kappa shape index (κ1) is 17.2. The first-order chi connectivity index (χ1) is 14.2. The summed E-state index contributed by atoms with van der Waals surface area (Å²) >= 11 is 0. The minimum absolute atomic E-state index is 0.0373. The van der Waals surface area contributed by atoms with Crippen molar-refractivity contribution in [3.63, 3.8) is 0 Å². The number of hydrogen-bond acceptors (Lipinski definition) is 8. The van der Waals surface area contributed by atoms with Gasteiger partial charge in [-0.05, 0) is 12.1 Å². The summed E-state index contributed by atoms with van der Waals surface area (Å²) < 4.78 is 30.5. The molecule has 146 valence electrons. The number of anilines is 3. The van der Waals surface area contributed by atoms with Gasteiger partial charge in [-0.25, -0.2) is 9.37 Å². The number of ether oxygens (including phenoxy) is 3. The number of nitrogens with one attached hydrogen (secondary N) is 2. The lowest BCUT2D eigenvalue weighted by atomic mass is 9.97. The summed E-state index contributed by atoms with van der Waals surface area (Å²) in [5.74, 6) is 0.00513. The SMILES string of the molecule is O=C1OC(Nc2ncc(F)c(Nc3ccc4c(c3)OCCO4)n2)=C2C=CC=CC12. The van der Waals surface area contributed by atoms with Crippen LogP contribution in [0.5, 0.6) is 11.5 Å². The molecule has 29 heavy (non-hydrogen) atoms. The molecule has 0 amide bonds. The van der Waals surface area contributed by atoms with Gasteiger partial charge in [0.2, 0.25) is 11.8 Å². The van der Waals surface area contributed by atoms with Gasteiger partial charge in [0.05, 0.1) is 6.20 Å². The quantitative estimate of drug-likeness (QED) is 0.765. The van der Waals surface area contributed by atoms with E-state index in [2.05, 4.69) is 20.6 Å². The maximum atomic E-state index is 14.2. The molecule has 2 aliphatic heterocycles.